The average Bonchev–Trinajstić information content (AvgIpc) is 2.91. The zero-order valence-electron chi connectivity index (χ0n) is 20.8. The summed E-state index contributed by atoms with van der Waals surface area (Å²) in [4.78, 5) is 48.9. The summed E-state index contributed by atoms with van der Waals surface area (Å²) in [6.45, 7) is 2.05. The second-order valence-corrected chi connectivity index (χ2v) is 9.08. The lowest BCUT2D eigenvalue weighted by Crippen LogP contribution is -2.54. The number of rotatable bonds is 9. The van der Waals surface area contributed by atoms with E-state index >= 15 is 0 Å². The van der Waals surface area contributed by atoms with E-state index in [1.807, 2.05) is 0 Å². The maximum atomic E-state index is 13.4. The molecular weight excluding hydrogens is 562 g/mol. The number of ether oxygens (including phenoxy) is 2. The number of aromatic carboxylic acids is 1. The van der Waals surface area contributed by atoms with E-state index in [9.17, 15) is 29.6 Å². The van der Waals surface area contributed by atoms with Crippen LogP contribution in [0.2, 0.25) is 5.02 Å². The number of nitrogens with one attached hydrogen (secondary N) is 1. The summed E-state index contributed by atoms with van der Waals surface area (Å²) < 4.78 is 11.5. The van der Waals surface area contributed by atoms with Gasteiger partial charge in [0.05, 0.1) is 27.8 Å². The Kier molecular flexibility index (Phi) is 8.41. The quantitative estimate of drug-likeness (QED) is 0.120. The molecule has 0 aliphatic carbocycles. The first-order valence-electron chi connectivity index (χ1n) is 11.7. The predicted molar refractivity (Wildman–Crippen MR) is 150 cm³/mol. The summed E-state index contributed by atoms with van der Waals surface area (Å²) in [7, 11) is 0. The van der Waals surface area contributed by atoms with Gasteiger partial charge in [0.1, 0.15) is 12.2 Å². The monoisotopic (exact) mass is 581 g/mol. The second-order valence-electron chi connectivity index (χ2n) is 8.29. The van der Waals surface area contributed by atoms with Crippen molar-refractivity contribution in [1.29, 1.82) is 0 Å². The van der Waals surface area contributed by atoms with Gasteiger partial charge >= 0.3 is 5.97 Å². The molecule has 11 nitrogen and oxygen atoms in total. The van der Waals surface area contributed by atoms with E-state index in [-0.39, 0.29) is 57.4 Å². The number of halogens is 1. The number of hydrogen-bond acceptors (Lipinski definition) is 8. The highest BCUT2D eigenvalue weighted by Crippen LogP contribution is 2.38. The van der Waals surface area contributed by atoms with Crippen LogP contribution < -0.4 is 19.7 Å². The summed E-state index contributed by atoms with van der Waals surface area (Å²) in [5.74, 6) is -2.24. The van der Waals surface area contributed by atoms with E-state index in [0.717, 1.165) is 4.90 Å². The molecule has 40 heavy (non-hydrogen) atoms. The van der Waals surface area contributed by atoms with Gasteiger partial charge in [0.2, 0.25) is 0 Å². The number of benzene rings is 3. The molecule has 0 bridgehead atoms. The Hall–Kier alpha value is -4.81. The Morgan fingerprint density at radius 3 is 2.52 bits per heavy atom. The largest absolute Gasteiger partial charge is 0.490 e. The number of nitro groups is 1. The number of nitro benzene ring substituents is 1. The molecule has 0 saturated carbocycles. The standard InChI is InChI=1S/C27H20ClN3O8S/c1-2-38-22-12-16(11-21(28)23(22)39-14-15-6-8-18(9-7-15)31(36)37)10-20-24(32)29-27(40)30(25(20)33)19-5-3-4-17(13-19)26(34)35/h3-13H,2,14H2,1H3,(H,34,35)(H,29,32,40). The molecule has 4 rings (SSSR count). The van der Waals surface area contributed by atoms with Crippen molar-refractivity contribution in [3.05, 3.63) is 98.1 Å². The molecule has 1 fully saturated rings. The zero-order chi connectivity index (χ0) is 29.0. The number of thiocarbonyl (C=S) groups is 1. The molecule has 3 aromatic carbocycles. The maximum absolute atomic E-state index is 13.4. The fourth-order valence-corrected chi connectivity index (χ4v) is 4.34. The molecule has 1 heterocycles. The van der Waals surface area contributed by atoms with Gasteiger partial charge in [-0.3, -0.25) is 29.9 Å². The molecule has 0 atom stereocenters. The fourth-order valence-electron chi connectivity index (χ4n) is 3.78. The lowest BCUT2D eigenvalue weighted by Gasteiger charge is -2.29. The average molecular weight is 582 g/mol. The van der Waals surface area contributed by atoms with Gasteiger partial charge in [0.15, 0.2) is 16.6 Å². The number of non-ortho nitro benzene ring substituents is 1. The summed E-state index contributed by atoms with van der Waals surface area (Å²) in [5, 5.41) is 22.6. The molecule has 1 aliphatic rings. The van der Waals surface area contributed by atoms with Gasteiger partial charge in [-0.15, -0.1) is 0 Å². The van der Waals surface area contributed by atoms with Crippen LogP contribution in [0.25, 0.3) is 6.08 Å². The third-order valence-corrected chi connectivity index (χ3v) is 6.19. The Balaban J connectivity index is 1.64. The number of carbonyl (C=O) groups is 3. The van der Waals surface area contributed by atoms with Crippen LogP contribution in [0.3, 0.4) is 0 Å². The summed E-state index contributed by atoms with van der Waals surface area (Å²) in [6, 6.07) is 14.4. The van der Waals surface area contributed by atoms with Gasteiger partial charge < -0.3 is 14.6 Å². The van der Waals surface area contributed by atoms with Crippen molar-refractivity contribution >= 4 is 64.2 Å². The van der Waals surface area contributed by atoms with Crippen LogP contribution in [0.15, 0.2) is 66.2 Å². The third-order valence-electron chi connectivity index (χ3n) is 5.63. The number of nitrogens with zero attached hydrogens (tertiary/aromatic N) is 2. The molecule has 1 aliphatic heterocycles. The number of carboxylic acid groups (broad SMARTS) is 1. The molecular formula is C27H20ClN3O8S. The molecule has 13 heteroatoms. The lowest BCUT2D eigenvalue weighted by atomic mass is 10.1. The molecule has 2 N–H and O–H groups in total. The normalized spacial score (nSPS) is 14.2. The van der Waals surface area contributed by atoms with Crippen molar-refractivity contribution in [1.82, 2.24) is 5.32 Å². The van der Waals surface area contributed by atoms with Crippen LogP contribution in [0.1, 0.15) is 28.4 Å². The van der Waals surface area contributed by atoms with Gasteiger partial charge in [0.25, 0.3) is 17.5 Å². The Bertz CT molecular complexity index is 1570. The smallest absolute Gasteiger partial charge is 0.335 e. The van der Waals surface area contributed by atoms with Crippen LogP contribution in [-0.4, -0.2) is 39.5 Å². The number of carbonyl (C=O) groups excluding carboxylic acids is 2. The molecule has 0 unspecified atom stereocenters. The van der Waals surface area contributed by atoms with Crippen LogP contribution in [0, 0.1) is 10.1 Å². The van der Waals surface area contributed by atoms with E-state index < -0.39 is 22.7 Å². The fraction of sp³-hybridized carbons (Fsp3) is 0.111. The topological polar surface area (TPSA) is 148 Å². The molecule has 2 amide bonds. The van der Waals surface area contributed by atoms with Crippen molar-refractivity contribution in [2.24, 2.45) is 0 Å². The Morgan fingerprint density at radius 2 is 1.88 bits per heavy atom. The molecule has 0 aromatic heterocycles. The van der Waals surface area contributed by atoms with Crippen LogP contribution in [-0.2, 0) is 16.2 Å². The van der Waals surface area contributed by atoms with E-state index in [1.165, 1.54) is 54.6 Å². The predicted octanol–water partition coefficient (Wildman–Crippen LogP) is 4.76. The summed E-state index contributed by atoms with van der Waals surface area (Å²) in [5.41, 5.74) is 0.790. The van der Waals surface area contributed by atoms with Gasteiger partial charge in [-0.2, -0.15) is 0 Å². The van der Waals surface area contributed by atoms with Crippen LogP contribution >= 0.6 is 23.8 Å². The SMILES string of the molecule is CCOc1cc(C=C2C(=O)NC(=S)N(c3cccc(C(=O)O)c3)C2=O)cc(Cl)c1OCc1ccc([N+](=O)[O-])cc1. The van der Waals surface area contributed by atoms with Crippen LogP contribution in [0.5, 0.6) is 11.5 Å². The van der Waals surface area contributed by atoms with E-state index in [4.69, 9.17) is 33.3 Å². The van der Waals surface area contributed by atoms with Gasteiger partial charge in [-0.25, -0.2) is 4.79 Å². The molecule has 0 spiro atoms. The Labute approximate surface area is 237 Å². The first kappa shape index (κ1) is 28.2. The minimum Gasteiger partial charge on any atom is -0.490 e. The number of hydrogen-bond donors (Lipinski definition) is 2. The first-order valence-corrected chi connectivity index (χ1v) is 12.4. The van der Waals surface area contributed by atoms with Crippen molar-refractivity contribution in [3.63, 3.8) is 0 Å². The number of anilines is 1. The second kappa shape index (κ2) is 11.9. The minimum atomic E-state index is -1.19. The van der Waals surface area contributed by atoms with E-state index in [0.29, 0.717) is 11.1 Å². The van der Waals surface area contributed by atoms with Crippen molar-refractivity contribution in [2.75, 3.05) is 11.5 Å². The van der Waals surface area contributed by atoms with Crippen molar-refractivity contribution < 1.29 is 33.9 Å². The molecule has 1 saturated heterocycles. The van der Waals surface area contributed by atoms with Gasteiger partial charge in [0, 0.05) is 12.1 Å². The Morgan fingerprint density at radius 1 is 1.15 bits per heavy atom. The number of amides is 2. The van der Waals surface area contributed by atoms with Crippen molar-refractivity contribution in [2.45, 2.75) is 13.5 Å². The zero-order valence-corrected chi connectivity index (χ0v) is 22.3. The molecule has 3 aromatic rings. The van der Waals surface area contributed by atoms with Crippen LogP contribution in [0.4, 0.5) is 11.4 Å². The third kappa shape index (κ3) is 6.08. The maximum Gasteiger partial charge on any atom is 0.335 e. The first-order chi connectivity index (χ1) is 19.1. The van der Waals surface area contributed by atoms with Crippen molar-refractivity contribution in [3.8, 4) is 11.5 Å². The van der Waals surface area contributed by atoms with Gasteiger partial charge in [-0.1, -0.05) is 17.7 Å². The molecule has 204 valence electrons. The minimum absolute atomic E-state index is 0.0426. The van der Waals surface area contributed by atoms with E-state index in [2.05, 4.69) is 5.32 Å². The summed E-state index contributed by atoms with van der Waals surface area (Å²) in [6.07, 6.45) is 1.31. The highest BCUT2D eigenvalue weighted by atomic mass is 35.5. The molecule has 0 radical (unpaired) electrons. The highest BCUT2D eigenvalue weighted by Gasteiger charge is 2.35. The number of carboxylic acids is 1. The lowest BCUT2D eigenvalue weighted by molar-refractivity contribution is -0.384. The van der Waals surface area contributed by atoms with E-state index in [1.54, 1.807) is 19.1 Å². The van der Waals surface area contributed by atoms with Gasteiger partial charge in [-0.05, 0) is 78.8 Å². The summed E-state index contributed by atoms with van der Waals surface area (Å²) >= 11 is 11.7. The highest BCUT2D eigenvalue weighted by molar-refractivity contribution is 7.80.